The molecule has 1 heterocycles. The Hall–Kier alpha value is -1.07. The molecular formula is C18H16F8O2S. The largest absolute Gasteiger partial charge is 0.446 e. The van der Waals surface area contributed by atoms with Gasteiger partial charge in [0.1, 0.15) is 0 Å². The second-order valence-electron chi connectivity index (χ2n) is 7.42. The first-order valence-electron chi connectivity index (χ1n) is 8.99. The molecule has 0 amide bonds. The van der Waals surface area contributed by atoms with Gasteiger partial charge < -0.3 is 9.47 Å². The van der Waals surface area contributed by atoms with Gasteiger partial charge in [-0.3, -0.25) is 0 Å². The minimum absolute atomic E-state index is 0.0187. The van der Waals surface area contributed by atoms with E-state index in [1.165, 1.54) is 0 Å². The minimum Gasteiger partial charge on any atom is -0.339 e. The van der Waals surface area contributed by atoms with Gasteiger partial charge in [0, 0.05) is 28.9 Å². The monoisotopic (exact) mass is 448 g/mol. The summed E-state index contributed by atoms with van der Waals surface area (Å²) in [5.74, 6) is -10.8. The fourth-order valence-electron chi connectivity index (χ4n) is 4.41. The first-order chi connectivity index (χ1) is 13.4. The molecule has 1 saturated carbocycles. The van der Waals surface area contributed by atoms with Gasteiger partial charge in [0.25, 0.3) is 5.79 Å². The van der Waals surface area contributed by atoms with Gasteiger partial charge >= 0.3 is 11.4 Å². The van der Waals surface area contributed by atoms with Crippen LogP contribution >= 0.6 is 11.8 Å². The number of hydrogen-bond donors (Lipinski definition) is 0. The van der Waals surface area contributed by atoms with Crippen LogP contribution in [0.5, 0.6) is 0 Å². The fraction of sp³-hybridized carbons (Fsp3) is 0.667. The molecule has 3 aliphatic rings. The molecule has 1 aromatic carbocycles. The van der Waals surface area contributed by atoms with Gasteiger partial charge in [0.05, 0.1) is 13.2 Å². The van der Waals surface area contributed by atoms with E-state index in [2.05, 4.69) is 0 Å². The highest BCUT2D eigenvalue weighted by Gasteiger charge is 2.72. The van der Waals surface area contributed by atoms with Crippen LogP contribution in [-0.2, 0) is 15.3 Å². The SMILES string of the molecule is F[C@@H]1c2c(C3CCC(F)(F)CC3)ccc(SC(F)(F)F)c2C2(OCCO2)C1(F)F. The Balaban J connectivity index is 1.87. The molecule has 1 spiro atoms. The molecular weight excluding hydrogens is 432 g/mol. The molecule has 0 unspecified atom stereocenters. The summed E-state index contributed by atoms with van der Waals surface area (Å²) in [5, 5.41) is 0. The predicted octanol–water partition coefficient (Wildman–Crippen LogP) is 6.45. The standard InChI is InChI=1S/C18H16F8O2S/c19-14-12-10(9-3-5-15(20,21)6-4-9)1-2-11(29-18(24,25)26)13(12)17(16(14,22)23)27-7-8-28-17/h1-2,9,14H,3-8H2/t14-/m1/s1. The van der Waals surface area contributed by atoms with E-state index in [1.807, 2.05) is 0 Å². The van der Waals surface area contributed by atoms with Gasteiger partial charge in [0.15, 0.2) is 6.17 Å². The molecule has 0 aromatic heterocycles. The van der Waals surface area contributed by atoms with Crippen LogP contribution in [0.25, 0.3) is 0 Å². The summed E-state index contributed by atoms with van der Waals surface area (Å²) < 4.78 is 121. The van der Waals surface area contributed by atoms with Gasteiger partial charge in [0.2, 0.25) is 5.92 Å². The molecule has 29 heavy (non-hydrogen) atoms. The Morgan fingerprint density at radius 3 is 2.10 bits per heavy atom. The van der Waals surface area contributed by atoms with E-state index >= 15 is 4.39 Å². The summed E-state index contributed by atoms with van der Waals surface area (Å²) >= 11 is -0.655. The number of rotatable bonds is 2. The van der Waals surface area contributed by atoms with E-state index in [4.69, 9.17) is 9.47 Å². The van der Waals surface area contributed by atoms with Crippen molar-refractivity contribution in [1.82, 2.24) is 0 Å². The van der Waals surface area contributed by atoms with Crippen molar-refractivity contribution in [3.05, 3.63) is 28.8 Å². The van der Waals surface area contributed by atoms with Crippen LogP contribution in [0.2, 0.25) is 0 Å². The third kappa shape index (κ3) is 3.33. The highest BCUT2D eigenvalue weighted by atomic mass is 32.2. The molecule has 2 fully saturated rings. The van der Waals surface area contributed by atoms with E-state index in [0.717, 1.165) is 12.1 Å². The Labute approximate surface area is 164 Å². The number of halogens is 8. The lowest BCUT2D eigenvalue weighted by molar-refractivity contribution is -0.308. The second-order valence-corrected chi connectivity index (χ2v) is 8.53. The van der Waals surface area contributed by atoms with Crippen LogP contribution in [0.1, 0.15) is 54.5 Å². The minimum atomic E-state index is -4.81. The summed E-state index contributed by atoms with van der Waals surface area (Å²) in [5.41, 5.74) is -6.10. The lowest BCUT2D eigenvalue weighted by Gasteiger charge is -2.31. The molecule has 2 nitrogen and oxygen atoms in total. The van der Waals surface area contributed by atoms with Crippen LogP contribution in [-0.4, -0.2) is 30.6 Å². The summed E-state index contributed by atoms with van der Waals surface area (Å²) in [7, 11) is 0. The van der Waals surface area contributed by atoms with Crippen molar-refractivity contribution in [1.29, 1.82) is 0 Å². The maximum atomic E-state index is 15.0. The van der Waals surface area contributed by atoms with Crippen molar-refractivity contribution in [3.8, 4) is 0 Å². The molecule has 0 bridgehead atoms. The number of hydrogen-bond acceptors (Lipinski definition) is 3. The smallest absolute Gasteiger partial charge is 0.339 e. The zero-order valence-electron chi connectivity index (χ0n) is 14.8. The van der Waals surface area contributed by atoms with Gasteiger partial charge in [-0.1, -0.05) is 6.07 Å². The first-order valence-corrected chi connectivity index (χ1v) is 9.80. The number of benzene rings is 1. The Bertz CT molecular complexity index is 794. The van der Waals surface area contributed by atoms with E-state index in [0.29, 0.717) is 0 Å². The van der Waals surface area contributed by atoms with Gasteiger partial charge in [-0.2, -0.15) is 22.0 Å². The highest BCUT2D eigenvalue weighted by molar-refractivity contribution is 8.00. The number of thioether (sulfide) groups is 1. The van der Waals surface area contributed by atoms with Gasteiger partial charge in [-0.25, -0.2) is 13.2 Å². The molecule has 1 aromatic rings. The molecule has 0 radical (unpaired) electrons. The second kappa shape index (κ2) is 6.71. The molecule has 0 N–H and O–H groups in total. The van der Waals surface area contributed by atoms with E-state index < -0.39 is 75.9 Å². The Morgan fingerprint density at radius 1 is 0.966 bits per heavy atom. The zero-order chi connectivity index (χ0) is 21.2. The van der Waals surface area contributed by atoms with Crippen molar-refractivity contribution in [3.63, 3.8) is 0 Å². The molecule has 162 valence electrons. The van der Waals surface area contributed by atoms with Crippen molar-refractivity contribution >= 4 is 11.8 Å². The average molecular weight is 448 g/mol. The Kier molecular flexibility index (Phi) is 4.90. The molecule has 4 rings (SSSR count). The maximum absolute atomic E-state index is 15.0. The van der Waals surface area contributed by atoms with Crippen LogP contribution < -0.4 is 0 Å². The van der Waals surface area contributed by atoms with Crippen molar-refractivity contribution in [2.45, 2.75) is 65.8 Å². The first kappa shape index (κ1) is 21.2. The molecule has 1 saturated heterocycles. The summed E-state index contributed by atoms with van der Waals surface area (Å²) in [6.45, 7) is -0.671. The third-order valence-electron chi connectivity index (χ3n) is 5.66. The zero-order valence-corrected chi connectivity index (χ0v) is 15.6. The van der Waals surface area contributed by atoms with Crippen LogP contribution in [0.4, 0.5) is 35.1 Å². The predicted molar refractivity (Wildman–Crippen MR) is 86.9 cm³/mol. The Morgan fingerprint density at radius 2 is 1.55 bits per heavy atom. The highest BCUT2D eigenvalue weighted by Crippen LogP contribution is 2.64. The topological polar surface area (TPSA) is 18.5 Å². The summed E-state index contributed by atoms with van der Waals surface area (Å²) in [6.07, 6.45) is -4.15. The van der Waals surface area contributed by atoms with E-state index in [-0.39, 0.29) is 31.6 Å². The summed E-state index contributed by atoms with van der Waals surface area (Å²) in [4.78, 5) is -0.640. The normalized spacial score (nSPS) is 28.1. The maximum Gasteiger partial charge on any atom is 0.446 e. The third-order valence-corrected chi connectivity index (χ3v) is 6.45. The van der Waals surface area contributed by atoms with E-state index in [9.17, 15) is 30.7 Å². The van der Waals surface area contributed by atoms with Gasteiger partial charge in [-0.05, 0) is 42.2 Å². The van der Waals surface area contributed by atoms with Crippen molar-refractivity contribution in [2.24, 2.45) is 0 Å². The number of ether oxygens (including phenoxy) is 2. The van der Waals surface area contributed by atoms with Crippen molar-refractivity contribution in [2.75, 3.05) is 13.2 Å². The molecule has 2 aliphatic carbocycles. The lowest BCUT2D eigenvalue weighted by atomic mass is 9.79. The molecule has 1 atom stereocenters. The van der Waals surface area contributed by atoms with Gasteiger partial charge in [-0.15, -0.1) is 0 Å². The quantitative estimate of drug-likeness (QED) is 0.383. The number of fused-ring (bicyclic) bond motifs is 2. The van der Waals surface area contributed by atoms with Crippen LogP contribution in [0.15, 0.2) is 17.0 Å². The van der Waals surface area contributed by atoms with Crippen LogP contribution in [0.3, 0.4) is 0 Å². The van der Waals surface area contributed by atoms with E-state index in [1.54, 1.807) is 0 Å². The number of alkyl halides is 8. The lowest BCUT2D eigenvalue weighted by Crippen LogP contribution is -2.44. The van der Waals surface area contributed by atoms with Crippen molar-refractivity contribution < 1.29 is 44.6 Å². The molecule has 1 aliphatic heterocycles. The average Bonchev–Trinajstić information content (AvgIpc) is 3.16. The van der Waals surface area contributed by atoms with Crippen LogP contribution in [0, 0.1) is 0 Å². The summed E-state index contributed by atoms with van der Waals surface area (Å²) in [6, 6.07) is 2.11. The molecule has 11 heteroatoms. The fourth-order valence-corrected chi connectivity index (χ4v) is 5.14.